The number of rotatable bonds is 10. The van der Waals surface area contributed by atoms with Gasteiger partial charge in [-0.05, 0) is 30.5 Å². The highest BCUT2D eigenvalue weighted by Gasteiger charge is 2.13. The molecular weight excluding hydrogens is 477 g/mol. The Balaban J connectivity index is 0.00000420. The Hall–Kier alpha value is -0.900. The van der Waals surface area contributed by atoms with E-state index in [0.29, 0.717) is 12.5 Å². The van der Waals surface area contributed by atoms with Crippen LogP contribution in [-0.4, -0.2) is 75.8 Å². The van der Waals surface area contributed by atoms with Gasteiger partial charge in [0.25, 0.3) is 0 Å². The summed E-state index contributed by atoms with van der Waals surface area (Å²) in [5, 5.41) is 6.67. The summed E-state index contributed by atoms with van der Waals surface area (Å²) in [6.45, 7) is 13.2. The molecule has 1 aromatic rings. The molecule has 166 valence electrons. The molecule has 1 aromatic carbocycles. The van der Waals surface area contributed by atoms with Crippen LogP contribution in [0.1, 0.15) is 31.4 Å². The Morgan fingerprint density at radius 1 is 1.03 bits per heavy atom. The van der Waals surface area contributed by atoms with E-state index in [1.807, 2.05) is 0 Å². The fraction of sp³-hybridized carbons (Fsp3) is 0.682. The van der Waals surface area contributed by atoms with Crippen molar-refractivity contribution in [2.45, 2.75) is 33.4 Å². The second-order valence-electron chi connectivity index (χ2n) is 8.04. The molecule has 0 bridgehead atoms. The molecular formula is C22H40IN5O. The zero-order chi connectivity index (χ0) is 20.2. The first-order chi connectivity index (χ1) is 13.6. The van der Waals surface area contributed by atoms with Gasteiger partial charge in [0.15, 0.2) is 5.96 Å². The van der Waals surface area contributed by atoms with E-state index in [1.54, 1.807) is 7.05 Å². The number of likely N-dealkylation sites (N-methyl/N-ethyl adjacent to an activating group) is 1. The maximum atomic E-state index is 5.63. The highest BCUT2D eigenvalue weighted by Crippen LogP contribution is 2.09. The molecule has 2 N–H and O–H groups in total. The quantitative estimate of drug-likeness (QED) is 0.217. The van der Waals surface area contributed by atoms with Crippen molar-refractivity contribution in [1.82, 2.24) is 20.4 Å². The van der Waals surface area contributed by atoms with Crippen LogP contribution >= 0.6 is 24.0 Å². The molecule has 1 fully saturated rings. The van der Waals surface area contributed by atoms with E-state index in [0.717, 1.165) is 64.8 Å². The number of hydrogen-bond donors (Lipinski definition) is 2. The number of aliphatic imine (C=N–C) groups is 1. The van der Waals surface area contributed by atoms with Crippen molar-refractivity contribution in [3.63, 3.8) is 0 Å². The molecule has 0 atom stereocenters. The van der Waals surface area contributed by atoms with Crippen molar-refractivity contribution in [1.29, 1.82) is 0 Å². The van der Waals surface area contributed by atoms with Gasteiger partial charge in [0.2, 0.25) is 0 Å². The van der Waals surface area contributed by atoms with Crippen LogP contribution in [0.4, 0.5) is 0 Å². The average molecular weight is 518 g/mol. The fourth-order valence-electron chi connectivity index (χ4n) is 3.10. The lowest BCUT2D eigenvalue weighted by Crippen LogP contribution is -2.43. The molecule has 2 rings (SSSR count). The molecule has 7 heteroatoms. The molecule has 0 saturated carbocycles. The molecule has 1 aliphatic rings. The van der Waals surface area contributed by atoms with Crippen LogP contribution in [0, 0.1) is 5.92 Å². The van der Waals surface area contributed by atoms with E-state index < -0.39 is 0 Å². The molecule has 6 nitrogen and oxygen atoms in total. The SMILES string of the molecule is CN=C(NCCOCCC(C)C)NCc1ccc(CN2CCN(C)CC2)cc1.I. The second kappa shape index (κ2) is 15.0. The zero-order valence-corrected chi connectivity index (χ0v) is 20.9. The Labute approximate surface area is 194 Å². The van der Waals surface area contributed by atoms with E-state index in [1.165, 1.54) is 11.1 Å². The maximum absolute atomic E-state index is 5.63. The lowest BCUT2D eigenvalue weighted by Gasteiger charge is -2.32. The van der Waals surface area contributed by atoms with Crippen LogP contribution in [0.3, 0.4) is 0 Å². The summed E-state index contributed by atoms with van der Waals surface area (Å²) < 4.78 is 5.63. The van der Waals surface area contributed by atoms with E-state index in [2.05, 4.69) is 70.6 Å². The van der Waals surface area contributed by atoms with Crippen LogP contribution in [0.2, 0.25) is 0 Å². The molecule has 29 heavy (non-hydrogen) atoms. The third kappa shape index (κ3) is 11.2. The molecule has 0 spiro atoms. The van der Waals surface area contributed by atoms with Crippen molar-refractivity contribution in [2.75, 3.05) is 60.0 Å². The summed E-state index contributed by atoms with van der Waals surface area (Å²) in [4.78, 5) is 9.20. The van der Waals surface area contributed by atoms with Gasteiger partial charge in [0.1, 0.15) is 0 Å². The van der Waals surface area contributed by atoms with E-state index in [-0.39, 0.29) is 24.0 Å². The maximum Gasteiger partial charge on any atom is 0.191 e. The number of ether oxygens (including phenoxy) is 1. The largest absolute Gasteiger partial charge is 0.380 e. The van der Waals surface area contributed by atoms with Gasteiger partial charge in [-0.15, -0.1) is 24.0 Å². The average Bonchev–Trinajstić information content (AvgIpc) is 2.69. The molecule has 1 aliphatic heterocycles. The van der Waals surface area contributed by atoms with Gasteiger partial charge >= 0.3 is 0 Å². The minimum Gasteiger partial charge on any atom is -0.380 e. The molecule has 0 unspecified atom stereocenters. The second-order valence-corrected chi connectivity index (χ2v) is 8.04. The lowest BCUT2D eigenvalue weighted by atomic mass is 10.1. The molecule has 0 aliphatic carbocycles. The van der Waals surface area contributed by atoms with Crippen LogP contribution < -0.4 is 10.6 Å². The third-order valence-corrected chi connectivity index (χ3v) is 5.09. The first kappa shape index (κ1) is 26.1. The molecule has 0 amide bonds. The highest BCUT2D eigenvalue weighted by atomic mass is 127. The number of halogens is 1. The van der Waals surface area contributed by atoms with Gasteiger partial charge < -0.3 is 20.3 Å². The van der Waals surface area contributed by atoms with Gasteiger partial charge in [0.05, 0.1) is 6.61 Å². The molecule has 1 saturated heterocycles. The van der Waals surface area contributed by atoms with Gasteiger partial charge in [-0.3, -0.25) is 9.89 Å². The minimum absolute atomic E-state index is 0. The van der Waals surface area contributed by atoms with Crippen molar-refractivity contribution < 1.29 is 4.74 Å². The van der Waals surface area contributed by atoms with E-state index in [9.17, 15) is 0 Å². The van der Waals surface area contributed by atoms with Gasteiger partial charge in [-0.1, -0.05) is 38.1 Å². The number of nitrogens with zero attached hydrogens (tertiary/aromatic N) is 3. The van der Waals surface area contributed by atoms with Gasteiger partial charge in [0, 0.05) is 59.5 Å². The van der Waals surface area contributed by atoms with Crippen molar-refractivity contribution in [2.24, 2.45) is 10.9 Å². The molecule has 1 heterocycles. The number of nitrogens with one attached hydrogen (secondary N) is 2. The first-order valence-electron chi connectivity index (χ1n) is 10.6. The lowest BCUT2D eigenvalue weighted by molar-refractivity contribution is 0.128. The van der Waals surface area contributed by atoms with Crippen LogP contribution in [-0.2, 0) is 17.8 Å². The predicted octanol–water partition coefficient (Wildman–Crippen LogP) is 2.78. The molecule has 0 radical (unpaired) electrons. The van der Waals surface area contributed by atoms with Crippen molar-refractivity contribution in [3.05, 3.63) is 35.4 Å². The van der Waals surface area contributed by atoms with Crippen molar-refractivity contribution >= 4 is 29.9 Å². The van der Waals surface area contributed by atoms with Crippen LogP contribution in [0.15, 0.2) is 29.3 Å². The Morgan fingerprint density at radius 2 is 1.69 bits per heavy atom. The Kier molecular flexibility index (Phi) is 13.5. The van der Waals surface area contributed by atoms with Gasteiger partial charge in [-0.2, -0.15) is 0 Å². The topological polar surface area (TPSA) is 52.1 Å². The number of piperazine rings is 1. The first-order valence-corrected chi connectivity index (χ1v) is 10.6. The monoisotopic (exact) mass is 517 g/mol. The summed E-state index contributed by atoms with van der Waals surface area (Å²) in [6.07, 6.45) is 1.11. The van der Waals surface area contributed by atoms with E-state index in [4.69, 9.17) is 4.74 Å². The summed E-state index contributed by atoms with van der Waals surface area (Å²) in [6, 6.07) is 8.91. The zero-order valence-electron chi connectivity index (χ0n) is 18.6. The van der Waals surface area contributed by atoms with Crippen LogP contribution in [0.25, 0.3) is 0 Å². The smallest absolute Gasteiger partial charge is 0.191 e. The number of hydrogen-bond acceptors (Lipinski definition) is 4. The van der Waals surface area contributed by atoms with E-state index >= 15 is 0 Å². The van der Waals surface area contributed by atoms with Crippen molar-refractivity contribution in [3.8, 4) is 0 Å². The summed E-state index contributed by atoms with van der Waals surface area (Å²) >= 11 is 0. The summed E-state index contributed by atoms with van der Waals surface area (Å²) in [5.41, 5.74) is 2.65. The third-order valence-electron chi connectivity index (χ3n) is 5.09. The van der Waals surface area contributed by atoms with Crippen LogP contribution in [0.5, 0.6) is 0 Å². The minimum atomic E-state index is 0. The molecule has 0 aromatic heterocycles. The Morgan fingerprint density at radius 3 is 2.31 bits per heavy atom. The standard InChI is InChI=1S/C22H39N5O.HI/c1-19(2)9-15-28-16-10-24-22(23-3)25-17-20-5-7-21(8-6-20)18-27-13-11-26(4)12-14-27;/h5-8,19H,9-18H2,1-4H3,(H2,23,24,25);1H. The summed E-state index contributed by atoms with van der Waals surface area (Å²) in [7, 11) is 4.00. The predicted molar refractivity (Wildman–Crippen MR) is 133 cm³/mol. The number of benzene rings is 1. The Bertz CT molecular complexity index is 571. The normalized spacial score (nSPS) is 16.0. The van der Waals surface area contributed by atoms with Gasteiger partial charge in [-0.25, -0.2) is 0 Å². The number of guanidine groups is 1. The summed E-state index contributed by atoms with van der Waals surface area (Å²) in [5.74, 6) is 1.50. The fourth-order valence-corrected chi connectivity index (χ4v) is 3.10. The highest BCUT2D eigenvalue weighted by molar-refractivity contribution is 14.0.